The Morgan fingerprint density at radius 3 is 3.00 bits per heavy atom. The Balaban J connectivity index is 2.14. The van der Waals surface area contributed by atoms with E-state index in [1.165, 1.54) is 0 Å². The highest BCUT2D eigenvalue weighted by molar-refractivity contribution is 7.99. The fraction of sp³-hybridized carbons (Fsp3) is 1.00. The van der Waals surface area contributed by atoms with Crippen LogP contribution in [0.3, 0.4) is 0 Å². The first kappa shape index (κ1) is 5.73. The lowest BCUT2D eigenvalue weighted by molar-refractivity contribution is 0.142. The summed E-state index contributed by atoms with van der Waals surface area (Å²) in [6.07, 6.45) is 0.326. The summed E-state index contributed by atoms with van der Waals surface area (Å²) in [6, 6.07) is 0. The molecule has 1 nitrogen and oxygen atoms in total. The Morgan fingerprint density at radius 2 is 2.71 bits per heavy atom. The standard InChI is InChI=1S/C4H7ClOS/c5-1-4-2-7-3-6-4/h4H,1-3H2. The number of hydrogen-bond acceptors (Lipinski definition) is 2. The molecule has 1 aliphatic rings. The van der Waals surface area contributed by atoms with Crippen LogP contribution in [-0.4, -0.2) is 23.7 Å². The average molecular weight is 139 g/mol. The van der Waals surface area contributed by atoms with Crippen molar-refractivity contribution in [3.63, 3.8) is 0 Å². The van der Waals surface area contributed by atoms with Crippen molar-refractivity contribution >= 4 is 23.4 Å². The van der Waals surface area contributed by atoms with Crippen molar-refractivity contribution in [3.8, 4) is 0 Å². The van der Waals surface area contributed by atoms with Gasteiger partial charge in [0.05, 0.1) is 12.0 Å². The van der Waals surface area contributed by atoms with E-state index < -0.39 is 0 Å². The third-order valence-corrected chi connectivity index (χ3v) is 2.12. The van der Waals surface area contributed by atoms with Crippen molar-refractivity contribution in [2.24, 2.45) is 0 Å². The maximum atomic E-state index is 5.47. The molecule has 0 aliphatic carbocycles. The lowest BCUT2D eigenvalue weighted by Gasteiger charge is -1.98. The number of thioether (sulfide) groups is 1. The molecule has 1 fully saturated rings. The van der Waals surface area contributed by atoms with E-state index in [2.05, 4.69) is 0 Å². The first-order valence-electron chi connectivity index (χ1n) is 2.19. The lowest BCUT2D eigenvalue weighted by Crippen LogP contribution is -2.09. The van der Waals surface area contributed by atoms with Gasteiger partial charge in [-0.1, -0.05) is 0 Å². The average Bonchev–Trinajstić information content (AvgIpc) is 2.14. The van der Waals surface area contributed by atoms with Gasteiger partial charge in [0, 0.05) is 11.6 Å². The summed E-state index contributed by atoms with van der Waals surface area (Å²) in [6.45, 7) is 0. The first-order chi connectivity index (χ1) is 3.43. The second-order valence-electron chi connectivity index (χ2n) is 1.43. The Morgan fingerprint density at radius 1 is 1.86 bits per heavy atom. The van der Waals surface area contributed by atoms with E-state index in [-0.39, 0.29) is 0 Å². The van der Waals surface area contributed by atoms with Gasteiger partial charge in [0.15, 0.2) is 0 Å². The number of alkyl halides is 1. The number of rotatable bonds is 1. The molecule has 0 bridgehead atoms. The molecule has 1 saturated heterocycles. The molecule has 0 amide bonds. The van der Waals surface area contributed by atoms with E-state index in [4.69, 9.17) is 16.3 Å². The second-order valence-corrected chi connectivity index (χ2v) is 2.72. The van der Waals surface area contributed by atoms with Crippen LogP contribution >= 0.6 is 23.4 Å². The van der Waals surface area contributed by atoms with Crippen LogP contribution in [0.5, 0.6) is 0 Å². The van der Waals surface area contributed by atoms with Crippen LogP contribution in [0.1, 0.15) is 0 Å². The largest absolute Gasteiger partial charge is 0.366 e. The number of hydrogen-bond donors (Lipinski definition) is 0. The van der Waals surface area contributed by atoms with Gasteiger partial charge in [0.2, 0.25) is 0 Å². The van der Waals surface area contributed by atoms with Crippen molar-refractivity contribution in [2.75, 3.05) is 17.6 Å². The molecule has 1 unspecified atom stereocenters. The van der Waals surface area contributed by atoms with Gasteiger partial charge >= 0.3 is 0 Å². The molecular weight excluding hydrogens is 132 g/mol. The summed E-state index contributed by atoms with van der Waals surface area (Å²) in [4.78, 5) is 0. The fourth-order valence-corrected chi connectivity index (χ4v) is 1.65. The van der Waals surface area contributed by atoms with E-state index in [0.29, 0.717) is 12.0 Å². The number of ether oxygens (including phenoxy) is 1. The second kappa shape index (κ2) is 2.80. The molecule has 0 aromatic heterocycles. The predicted octanol–water partition coefficient (Wildman–Crippen LogP) is 1.31. The molecular formula is C4H7ClOS. The highest BCUT2D eigenvalue weighted by atomic mass is 35.5. The van der Waals surface area contributed by atoms with Crippen LogP contribution in [0.15, 0.2) is 0 Å². The van der Waals surface area contributed by atoms with Crippen molar-refractivity contribution in [2.45, 2.75) is 6.10 Å². The van der Waals surface area contributed by atoms with Crippen LogP contribution in [-0.2, 0) is 4.74 Å². The van der Waals surface area contributed by atoms with Gasteiger partial charge in [-0.15, -0.1) is 23.4 Å². The summed E-state index contributed by atoms with van der Waals surface area (Å²) in [7, 11) is 0. The molecule has 1 atom stereocenters. The van der Waals surface area contributed by atoms with E-state index in [9.17, 15) is 0 Å². The van der Waals surface area contributed by atoms with E-state index in [0.717, 1.165) is 11.7 Å². The van der Waals surface area contributed by atoms with Gasteiger partial charge in [-0.2, -0.15) is 0 Å². The van der Waals surface area contributed by atoms with Crippen molar-refractivity contribution in [3.05, 3.63) is 0 Å². The van der Waals surface area contributed by atoms with Gasteiger partial charge in [0.1, 0.15) is 0 Å². The summed E-state index contributed by atoms with van der Waals surface area (Å²) >= 11 is 7.27. The molecule has 0 spiro atoms. The molecule has 0 aromatic carbocycles. The third kappa shape index (κ3) is 1.52. The smallest absolute Gasteiger partial charge is 0.0926 e. The normalized spacial score (nSPS) is 31.3. The topological polar surface area (TPSA) is 9.23 Å². The predicted molar refractivity (Wildman–Crippen MR) is 32.9 cm³/mol. The Hall–Kier alpha value is 0.600. The highest BCUT2D eigenvalue weighted by Gasteiger charge is 2.13. The van der Waals surface area contributed by atoms with Crippen molar-refractivity contribution in [1.82, 2.24) is 0 Å². The van der Waals surface area contributed by atoms with Crippen LogP contribution in [0.2, 0.25) is 0 Å². The van der Waals surface area contributed by atoms with Crippen LogP contribution in [0.4, 0.5) is 0 Å². The molecule has 0 saturated carbocycles. The molecule has 42 valence electrons. The third-order valence-electron chi connectivity index (χ3n) is 0.863. The summed E-state index contributed by atoms with van der Waals surface area (Å²) in [5.74, 6) is 2.55. The van der Waals surface area contributed by atoms with Crippen LogP contribution < -0.4 is 0 Å². The van der Waals surface area contributed by atoms with Gasteiger partial charge in [-0.05, 0) is 0 Å². The summed E-state index contributed by atoms with van der Waals surface area (Å²) < 4.78 is 5.13. The molecule has 1 heterocycles. The molecule has 7 heavy (non-hydrogen) atoms. The minimum absolute atomic E-state index is 0.326. The molecule has 3 heteroatoms. The monoisotopic (exact) mass is 138 g/mol. The Bertz CT molecular complexity index is 53.7. The van der Waals surface area contributed by atoms with E-state index in [1.807, 2.05) is 0 Å². The van der Waals surface area contributed by atoms with Crippen molar-refractivity contribution in [1.29, 1.82) is 0 Å². The Labute approximate surface area is 52.4 Å². The molecule has 0 aromatic rings. The van der Waals surface area contributed by atoms with Gasteiger partial charge in [0.25, 0.3) is 0 Å². The van der Waals surface area contributed by atoms with Gasteiger partial charge in [-0.25, -0.2) is 0 Å². The van der Waals surface area contributed by atoms with Gasteiger partial charge < -0.3 is 4.74 Å². The lowest BCUT2D eigenvalue weighted by atomic mass is 10.5. The Kier molecular flexibility index (Phi) is 2.29. The van der Waals surface area contributed by atoms with Gasteiger partial charge in [-0.3, -0.25) is 0 Å². The highest BCUT2D eigenvalue weighted by Crippen LogP contribution is 2.16. The maximum absolute atomic E-state index is 5.47. The molecule has 1 rings (SSSR count). The summed E-state index contributed by atoms with van der Waals surface area (Å²) in [5, 5.41) is 0. The SMILES string of the molecule is ClCC1CSCO1. The van der Waals surface area contributed by atoms with Crippen molar-refractivity contribution < 1.29 is 4.74 Å². The number of halogens is 1. The van der Waals surface area contributed by atoms with Crippen LogP contribution in [0, 0.1) is 0 Å². The minimum Gasteiger partial charge on any atom is -0.366 e. The first-order valence-corrected chi connectivity index (χ1v) is 3.87. The van der Waals surface area contributed by atoms with E-state index >= 15 is 0 Å². The fourth-order valence-electron chi connectivity index (χ4n) is 0.461. The zero-order chi connectivity index (χ0) is 5.11. The summed E-state index contributed by atoms with van der Waals surface area (Å²) in [5.41, 5.74) is 0. The quantitative estimate of drug-likeness (QED) is 0.506. The molecule has 1 aliphatic heterocycles. The molecule has 0 N–H and O–H groups in total. The van der Waals surface area contributed by atoms with Crippen LogP contribution in [0.25, 0.3) is 0 Å². The minimum atomic E-state index is 0.326. The maximum Gasteiger partial charge on any atom is 0.0926 e. The zero-order valence-electron chi connectivity index (χ0n) is 3.89. The van der Waals surface area contributed by atoms with E-state index in [1.54, 1.807) is 11.8 Å². The molecule has 0 radical (unpaired) electrons. The zero-order valence-corrected chi connectivity index (χ0v) is 5.47.